The summed E-state index contributed by atoms with van der Waals surface area (Å²) in [5.74, 6) is -0.700. The number of piperidine rings is 1. The van der Waals surface area contributed by atoms with E-state index in [0.29, 0.717) is 18.7 Å². The number of nitro benzene ring substituents is 1. The summed E-state index contributed by atoms with van der Waals surface area (Å²) in [7, 11) is -2.08. The predicted octanol–water partition coefficient (Wildman–Crippen LogP) is 2.46. The van der Waals surface area contributed by atoms with Crippen LogP contribution in [0.25, 0.3) is 0 Å². The second-order valence-electron chi connectivity index (χ2n) is 6.64. The average molecular weight is 407 g/mol. The quantitative estimate of drug-likeness (QED) is 0.413. The lowest BCUT2D eigenvalue weighted by Crippen LogP contribution is -2.35. The number of nitrogens with zero attached hydrogens (tertiary/aromatic N) is 3. The molecule has 9 nitrogen and oxygen atoms in total. The molecule has 28 heavy (non-hydrogen) atoms. The van der Waals surface area contributed by atoms with Gasteiger partial charge in [0.15, 0.2) is 0 Å². The Morgan fingerprint density at radius 2 is 1.93 bits per heavy atom. The number of ether oxygens (including phenoxy) is 1. The third-order valence-corrected chi connectivity index (χ3v) is 6.50. The molecule has 0 unspecified atom stereocenters. The van der Waals surface area contributed by atoms with Crippen LogP contribution >= 0.6 is 0 Å². The topological polar surface area (TPSA) is 112 Å². The highest BCUT2D eigenvalue weighted by Crippen LogP contribution is 2.23. The van der Waals surface area contributed by atoms with Gasteiger partial charge >= 0.3 is 5.97 Å². The highest BCUT2D eigenvalue weighted by atomic mass is 32.2. The van der Waals surface area contributed by atoms with Gasteiger partial charge < -0.3 is 9.30 Å². The summed E-state index contributed by atoms with van der Waals surface area (Å²) >= 11 is 0. The van der Waals surface area contributed by atoms with Gasteiger partial charge in [-0.2, -0.15) is 4.31 Å². The van der Waals surface area contributed by atoms with Crippen LogP contribution in [-0.4, -0.2) is 41.3 Å². The van der Waals surface area contributed by atoms with Crippen molar-refractivity contribution in [3.8, 4) is 0 Å². The predicted molar refractivity (Wildman–Crippen MR) is 100 cm³/mol. The Hall–Kier alpha value is -2.72. The first-order valence-corrected chi connectivity index (χ1v) is 10.3. The number of non-ortho nitro benzene ring substituents is 1. The van der Waals surface area contributed by atoms with E-state index < -0.39 is 20.9 Å². The fraction of sp³-hybridized carbons (Fsp3) is 0.389. The van der Waals surface area contributed by atoms with Crippen molar-refractivity contribution in [1.82, 2.24) is 8.87 Å². The maximum absolute atomic E-state index is 12.8. The third kappa shape index (κ3) is 4.23. The normalized spacial score (nSPS) is 15.3. The van der Waals surface area contributed by atoms with Gasteiger partial charge in [-0.05, 0) is 24.5 Å². The molecule has 0 amide bonds. The number of benzene rings is 1. The number of carbonyl (C=O) groups is 1. The van der Waals surface area contributed by atoms with E-state index in [2.05, 4.69) is 0 Å². The Bertz CT molecular complexity index is 992. The van der Waals surface area contributed by atoms with Gasteiger partial charge in [0.25, 0.3) is 5.69 Å². The summed E-state index contributed by atoms with van der Waals surface area (Å²) in [5, 5.41) is 10.8. The van der Waals surface area contributed by atoms with Gasteiger partial charge in [-0.1, -0.05) is 18.6 Å². The van der Waals surface area contributed by atoms with Gasteiger partial charge in [-0.25, -0.2) is 13.2 Å². The van der Waals surface area contributed by atoms with Crippen LogP contribution in [0.2, 0.25) is 0 Å². The molecule has 0 N–H and O–H groups in total. The monoisotopic (exact) mass is 407 g/mol. The van der Waals surface area contributed by atoms with Crippen LogP contribution < -0.4 is 0 Å². The lowest BCUT2D eigenvalue weighted by Gasteiger charge is -2.25. The molecule has 10 heteroatoms. The van der Waals surface area contributed by atoms with Gasteiger partial charge in [0.05, 0.1) is 4.92 Å². The van der Waals surface area contributed by atoms with Crippen LogP contribution in [0.5, 0.6) is 0 Å². The van der Waals surface area contributed by atoms with E-state index in [-0.39, 0.29) is 22.9 Å². The lowest BCUT2D eigenvalue weighted by molar-refractivity contribution is -0.384. The Morgan fingerprint density at radius 1 is 1.21 bits per heavy atom. The highest BCUT2D eigenvalue weighted by Gasteiger charge is 2.28. The molecule has 3 rings (SSSR count). The number of carbonyl (C=O) groups excluding carboxylic acids is 1. The zero-order valence-corrected chi connectivity index (χ0v) is 16.2. The van der Waals surface area contributed by atoms with Crippen LogP contribution in [0.4, 0.5) is 5.69 Å². The molecule has 0 spiro atoms. The van der Waals surface area contributed by atoms with E-state index in [9.17, 15) is 23.3 Å². The summed E-state index contributed by atoms with van der Waals surface area (Å²) in [4.78, 5) is 22.7. The van der Waals surface area contributed by atoms with Gasteiger partial charge in [0, 0.05) is 38.5 Å². The number of hydrogen-bond acceptors (Lipinski definition) is 6. The number of hydrogen-bond donors (Lipinski definition) is 0. The van der Waals surface area contributed by atoms with Crippen molar-refractivity contribution in [2.75, 3.05) is 13.1 Å². The lowest BCUT2D eigenvalue weighted by atomic mass is 10.2. The first-order chi connectivity index (χ1) is 13.3. The van der Waals surface area contributed by atoms with Crippen molar-refractivity contribution in [3.63, 3.8) is 0 Å². The summed E-state index contributed by atoms with van der Waals surface area (Å²) in [5.41, 5.74) is 0.473. The Labute approximate surface area is 162 Å². The van der Waals surface area contributed by atoms with Crippen molar-refractivity contribution in [2.45, 2.75) is 30.8 Å². The molecule has 1 fully saturated rings. The zero-order valence-electron chi connectivity index (χ0n) is 15.4. The minimum absolute atomic E-state index is 0.0548. The number of esters is 1. The fourth-order valence-electron chi connectivity index (χ4n) is 3.12. The van der Waals surface area contributed by atoms with E-state index in [4.69, 9.17) is 4.74 Å². The molecule has 0 aliphatic carbocycles. The van der Waals surface area contributed by atoms with E-state index in [0.717, 1.165) is 19.3 Å². The number of aryl methyl sites for hydroxylation is 1. The van der Waals surface area contributed by atoms with Crippen LogP contribution in [0.15, 0.2) is 41.4 Å². The van der Waals surface area contributed by atoms with Crippen LogP contribution in [0, 0.1) is 10.1 Å². The molecule has 1 aliphatic rings. The average Bonchev–Trinajstić information content (AvgIpc) is 3.09. The van der Waals surface area contributed by atoms with Gasteiger partial charge in [-0.15, -0.1) is 0 Å². The largest absolute Gasteiger partial charge is 0.456 e. The van der Waals surface area contributed by atoms with Crippen molar-refractivity contribution in [3.05, 3.63) is 57.9 Å². The molecule has 1 saturated heterocycles. The molecule has 1 aromatic heterocycles. The standard InChI is InChI=1S/C18H21N3O6S/c1-19-12-16(28(25,26)20-8-3-2-4-9-20)11-17(19)18(22)27-13-14-6-5-7-15(10-14)21(23)24/h5-7,10-12H,2-4,8-9,13H2,1H3. The van der Waals surface area contributed by atoms with Gasteiger partial charge in [0.1, 0.15) is 17.2 Å². The molecule has 0 radical (unpaired) electrons. The maximum atomic E-state index is 12.8. The first kappa shape index (κ1) is 20.0. The first-order valence-electron chi connectivity index (χ1n) is 8.86. The molecule has 150 valence electrons. The minimum Gasteiger partial charge on any atom is -0.456 e. The van der Waals surface area contributed by atoms with E-state index in [1.807, 2.05) is 0 Å². The second kappa shape index (κ2) is 8.11. The maximum Gasteiger partial charge on any atom is 0.355 e. The van der Waals surface area contributed by atoms with E-state index in [1.54, 1.807) is 13.1 Å². The molecule has 0 atom stereocenters. The van der Waals surface area contributed by atoms with Crippen molar-refractivity contribution in [1.29, 1.82) is 0 Å². The highest BCUT2D eigenvalue weighted by molar-refractivity contribution is 7.89. The van der Waals surface area contributed by atoms with Crippen LogP contribution in [0.1, 0.15) is 35.3 Å². The number of sulfonamides is 1. The van der Waals surface area contributed by atoms with E-state index >= 15 is 0 Å². The SMILES string of the molecule is Cn1cc(S(=O)(=O)N2CCCCC2)cc1C(=O)OCc1cccc([N+](=O)[O-])c1. The van der Waals surface area contributed by atoms with E-state index in [1.165, 1.54) is 39.3 Å². The number of aromatic nitrogens is 1. The third-order valence-electron chi connectivity index (χ3n) is 4.63. The Morgan fingerprint density at radius 3 is 2.61 bits per heavy atom. The second-order valence-corrected chi connectivity index (χ2v) is 8.58. The molecular weight excluding hydrogens is 386 g/mol. The number of rotatable bonds is 6. The molecule has 1 aromatic carbocycles. The summed E-state index contributed by atoms with van der Waals surface area (Å²) in [6, 6.07) is 7.09. The Kier molecular flexibility index (Phi) is 5.80. The molecule has 0 bridgehead atoms. The molecule has 2 aromatic rings. The summed E-state index contributed by atoms with van der Waals surface area (Å²) in [6.45, 7) is 0.799. The molecule has 0 saturated carbocycles. The summed E-state index contributed by atoms with van der Waals surface area (Å²) < 4.78 is 33.6. The molecular formula is C18H21N3O6S. The minimum atomic E-state index is -3.65. The van der Waals surface area contributed by atoms with Crippen molar-refractivity contribution >= 4 is 21.7 Å². The van der Waals surface area contributed by atoms with Gasteiger partial charge in [0.2, 0.25) is 10.0 Å². The smallest absolute Gasteiger partial charge is 0.355 e. The van der Waals surface area contributed by atoms with Crippen LogP contribution in [-0.2, 0) is 28.4 Å². The van der Waals surface area contributed by atoms with Crippen molar-refractivity contribution in [2.24, 2.45) is 7.05 Å². The fourth-order valence-corrected chi connectivity index (χ4v) is 4.70. The number of nitro groups is 1. The molecule has 1 aliphatic heterocycles. The van der Waals surface area contributed by atoms with Crippen molar-refractivity contribution < 1.29 is 22.9 Å². The molecule has 2 heterocycles. The van der Waals surface area contributed by atoms with Gasteiger partial charge in [-0.3, -0.25) is 10.1 Å². The Balaban J connectivity index is 1.73. The zero-order chi connectivity index (χ0) is 20.3. The summed E-state index contributed by atoms with van der Waals surface area (Å²) in [6.07, 6.45) is 4.05. The van der Waals surface area contributed by atoms with Crippen LogP contribution in [0.3, 0.4) is 0 Å².